The third-order valence-electron chi connectivity index (χ3n) is 2.02. The molecule has 0 spiro atoms. The summed E-state index contributed by atoms with van der Waals surface area (Å²) in [5, 5.41) is 43.6. The Morgan fingerprint density at radius 1 is 0.676 bits per heavy atom. The van der Waals surface area contributed by atoms with Crippen LogP contribution in [0.2, 0.25) is 0 Å². The number of rotatable bonds is 6. The summed E-state index contributed by atoms with van der Waals surface area (Å²) < 4.78 is 0. The van der Waals surface area contributed by atoms with Gasteiger partial charge >= 0.3 is 116 Å². The molecule has 0 heterocycles. The van der Waals surface area contributed by atoms with Crippen molar-refractivity contribution in [1.29, 1.82) is 0 Å². The van der Waals surface area contributed by atoms with Crippen LogP contribution < -0.4 is 127 Å². The third kappa shape index (κ3) is 228. The maximum absolute atomic E-state index is 9.37. The van der Waals surface area contributed by atoms with Gasteiger partial charge < -0.3 is 50.0 Å². The summed E-state index contributed by atoms with van der Waals surface area (Å²) in [4.78, 5) is 17.4. The van der Waals surface area contributed by atoms with Crippen LogP contribution in [0.15, 0.2) is 0 Å². The minimum Gasteiger partial charge on any atom is -0.876 e. The Hall–Kier alpha value is 3.74. The first-order chi connectivity index (χ1) is 11.3. The summed E-state index contributed by atoms with van der Waals surface area (Å²) >= 11 is 0. The monoisotopic (exact) mass is 1460 g/mol. The molecule has 0 amide bonds. The van der Waals surface area contributed by atoms with Crippen molar-refractivity contribution >= 4 is 12.6 Å². The predicted octanol–water partition coefficient (Wildman–Crippen LogP) is -1.38. The van der Waals surface area contributed by atoms with E-state index in [-0.39, 0.29) is 236 Å². The maximum Gasteiger partial charge on any atom is 1.00 e. The minimum atomic E-state index is -0.760. The second kappa shape index (κ2) is 139. The molecule has 37 heavy (non-hydrogen) atoms. The Morgan fingerprint density at radius 2 is 0.865 bits per heavy atom. The average Bonchev–Trinajstić information content (AvgIpc) is 2.61. The van der Waals surface area contributed by atoms with E-state index in [1.165, 1.54) is 26.4 Å². The zero-order valence-corrected chi connectivity index (χ0v) is 45.9. The molecule has 0 aliphatic carbocycles. The Bertz CT molecular complexity index is 195. The first-order valence-electron chi connectivity index (χ1n) is 7.49. The predicted molar refractivity (Wildman–Crippen MR) is 136 cm³/mol. The van der Waals surface area contributed by atoms with Gasteiger partial charge in [-0.2, -0.15) is 40.0 Å². The molecule has 0 aromatic heterocycles. The van der Waals surface area contributed by atoms with Crippen molar-refractivity contribution in [3.63, 3.8) is 0 Å². The normalized spacial score (nSPS) is 5.57. The molecular weight excluding hydrogens is 1400 g/mol. The molecule has 0 aromatic carbocycles. The zero-order valence-electron chi connectivity index (χ0n) is 21.6. The van der Waals surface area contributed by atoms with Gasteiger partial charge in [0.25, 0.3) is 0 Å². The standard InChI is InChI=1S/2C5H11O.C3H5O3.2C2H3O.5CH4.2CH3.2Rb.3Re.Rf/c1-3-5(2)4-6;1-3-5(6)4-2;4-1-3(6)2-5;2*1-2-3;;;;;;;;;;;;;/h2*6H,3-4H2,1-2H3;6H,1-2H2;2*1H3;5*1H4;2*1H3;;;;;;/q2*-1;-3;2*-1;;;;;;2*-1;2*+1;;;;. The van der Waals surface area contributed by atoms with Crippen molar-refractivity contribution in [2.45, 2.75) is 97.9 Å². The summed E-state index contributed by atoms with van der Waals surface area (Å²) in [5.74, 6) is 1.15. The maximum atomic E-state index is 9.37. The zero-order chi connectivity index (χ0) is 20.4. The van der Waals surface area contributed by atoms with Gasteiger partial charge in [0.1, 0.15) is 0 Å². The van der Waals surface area contributed by atoms with Crippen molar-refractivity contribution in [1.82, 2.24) is 0 Å². The van der Waals surface area contributed by atoms with E-state index < -0.39 is 19.3 Å². The summed E-state index contributed by atoms with van der Waals surface area (Å²) in [6, 6.07) is 0. The Morgan fingerprint density at radius 3 is 0.865 bits per heavy atom. The molecule has 0 aliphatic rings. The van der Waals surface area contributed by atoms with E-state index in [1.807, 2.05) is 27.7 Å². The Labute approximate surface area is 368 Å². The first kappa shape index (κ1) is 124. The molecule has 7 nitrogen and oxygen atoms in total. The molecule has 0 saturated carbocycles. The number of carbonyl (C=O) groups excluding carboxylic acids is 2. The van der Waals surface area contributed by atoms with E-state index in [0.717, 1.165) is 25.2 Å². The first-order valence-corrected chi connectivity index (χ1v) is 7.49. The topological polar surface area (TPSA) is 141 Å². The van der Waals surface area contributed by atoms with Gasteiger partial charge in [-0.05, 0) is 0 Å². The van der Waals surface area contributed by atoms with E-state index >= 15 is 0 Å². The molecule has 3 radical (unpaired) electrons. The molecular formula is C24H59O7Rb2Re3Rf-7. The SMILES string of the molecule is C.C.C.C.C.CC[C-](C)CO.CC[C-](O)CC.C[C-]=O.C[C-]=O.[CH3-].[CH3-].[O-]C[C-](O)C[O-].[Rb+].[Rb+].[Re].[Re].[Re].[Rf]. The van der Waals surface area contributed by atoms with Crippen molar-refractivity contribution in [2.75, 3.05) is 19.8 Å². The number of aliphatic hydroxyl groups is 3. The second-order valence-electron chi connectivity index (χ2n) is 4.01. The van der Waals surface area contributed by atoms with Crippen LogP contribution in [0.1, 0.15) is 97.9 Å². The van der Waals surface area contributed by atoms with Gasteiger partial charge in [-0.15, -0.1) is 0 Å². The van der Waals surface area contributed by atoms with Crippen LogP contribution in [0, 0.1) is 33.0 Å². The summed E-state index contributed by atoms with van der Waals surface area (Å²) in [6.07, 6.45) is 5.67. The summed E-state index contributed by atoms with van der Waals surface area (Å²) in [7, 11) is 0. The fourth-order valence-electron chi connectivity index (χ4n) is 0.403. The van der Waals surface area contributed by atoms with Crippen molar-refractivity contribution < 1.29 is 213 Å². The second-order valence-corrected chi connectivity index (χ2v) is 4.01. The smallest absolute Gasteiger partial charge is 0.876 e. The van der Waals surface area contributed by atoms with Gasteiger partial charge in [-0.3, -0.25) is 31.7 Å². The van der Waals surface area contributed by atoms with Crippen molar-refractivity contribution in [3.8, 4) is 0 Å². The third-order valence-corrected chi connectivity index (χ3v) is 2.02. The fraction of sp³-hybridized carbons (Fsp3) is 0.708. The Kier molecular flexibility index (Phi) is 466. The van der Waals surface area contributed by atoms with Crippen LogP contribution in [0.25, 0.3) is 0 Å². The van der Waals surface area contributed by atoms with Crippen molar-refractivity contribution in [2.24, 2.45) is 0 Å². The molecule has 0 bridgehead atoms. The van der Waals surface area contributed by atoms with E-state index in [4.69, 9.17) is 24.9 Å². The fourth-order valence-corrected chi connectivity index (χ4v) is 0.403. The van der Waals surface area contributed by atoms with Crippen LogP contribution in [-0.2, 0) is 70.9 Å². The van der Waals surface area contributed by atoms with Gasteiger partial charge in [-0.1, -0.05) is 64.5 Å². The summed E-state index contributed by atoms with van der Waals surface area (Å²) in [5.41, 5.74) is 0. The van der Waals surface area contributed by atoms with Gasteiger partial charge in [0.15, 0.2) is 0 Å². The molecule has 0 rings (SSSR count). The number of aliphatic hydroxyl groups excluding tert-OH is 3. The van der Waals surface area contributed by atoms with Crippen LogP contribution in [0.4, 0.5) is 0 Å². The van der Waals surface area contributed by atoms with E-state index in [0.29, 0.717) is 6.10 Å². The quantitative estimate of drug-likeness (QED) is 0.279. The van der Waals surface area contributed by atoms with E-state index in [2.05, 4.69) is 0 Å². The minimum absolute atomic E-state index is 0. The van der Waals surface area contributed by atoms with E-state index in [9.17, 15) is 10.2 Å². The van der Waals surface area contributed by atoms with Crippen LogP contribution in [-0.4, -0.2) is 47.7 Å². The largest absolute Gasteiger partial charge is 1.00 e. The van der Waals surface area contributed by atoms with Crippen molar-refractivity contribution in [3.05, 3.63) is 33.0 Å². The molecule has 0 fully saturated rings. The van der Waals surface area contributed by atoms with Gasteiger partial charge in [0, 0.05) is 61.3 Å². The average molecular weight is 1460 g/mol. The number of hydrogen-bond donors (Lipinski definition) is 3. The summed E-state index contributed by atoms with van der Waals surface area (Å²) in [6.45, 7) is 9.23. The molecule has 0 aliphatic heterocycles. The van der Waals surface area contributed by atoms with Crippen LogP contribution in [0.5, 0.6) is 0 Å². The molecule has 0 unspecified atom stereocenters. The van der Waals surface area contributed by atoms with Gasteiger partial charge in [0.2, 0.25) is 0 Å². The van der Waals surface area contributed by atoms with E-state index in [1.54, 1.807) is 0 Å². The molecule has 0 saturated heterocycles. The van der Waals surface area contributed by atoms with Gasteiger partial charge in [-0.25, -0.2) is 12.2 Å². The Balaban J connectivity index is -0.00000000714. The number of hydrogen-bond acceptors (Lipinski definition) is 7. The molecule has 3 N–H and O–H groups in total. The van der Waals surface area contributed by atoms with Crippen LogP contribution >= 0.6 is 0 Å². The van der Waals surface area contributed by atoms with Crippen LogP contribution in [0.3, 0.4) is 0 Å². The molecule has 0 aromatic rings. The molecule has 13 heteroatoms. The molecule has 0 atom stereocenters. The van der Waals surface area contributed by atoms with Gasteiger partial charge in [0.05, 0.1) is 0 Å². The molecule has 229 valence electrons.